The van der Waals surface area contributed by atoms with Crippen LogP contribution in [0.3, 0.4) is 0 Å². The number of hydrogen-bond acceptors (Lipinski definition) is 7. The monoisotopic (exact) mass is 404 g/mol. The number of ether oxygens (including phenoxy) is 1. The molecular weight excluding hydrogens is 372 g/mol. The molecule has 9 heteroatoms. The zero-order valence-electron chi connectivity index (χ0n) is 17.3. The number of carbonyl (C=O) groups is 2. The van der Waals surface area contributed by atoms with Crippen LogP contribution >= 0.6 is 0 Å². The van der Waals surface area contributed by atoms with Gasteiger partial charge in [0.1, 0.15) is 5.82 Å². The largest absolute Gasteiger partial charge is 0.384 e. The Balaban J connectivity index is 1.62. The molecule has 1 saturated heterocycles. The smallest absolute Gasteiger partial charge is 0.254 e. The van der Waals surface area contributed by atoms with E-state index in [1.54, 1.807) is 14.0 Å². The fourth-order valence-electron chi connectivity index (χ4n) is 4.17. The third kappa shape index (κ3) is 5.79. The number of anilines is 2. The van der Waals surface area contributed by atoms with Gasteiger partial charge in [0.05, 0.1) is 5.56 Å². The summed E-state index contributed by atoms with van der Waals surface area (Å²) >= 11 is 0. The number of hydrogen-bond donors (Lipinski definition) is 3. The van der Waals surface area contributed by atoms with Crippen LogP contribution in [0.25, 0.3) is 0 Å². The van der Waals surface area contributed by atoms with Crippen molar-refractivity contribution < 1.29 is 14.3 Å². The van der Waals surface area contributed by atoms with Crippen molar-refractivity contribution >= 4 is 23.6 Å². The summed E-state index contributed by atoms with van der Waals surface area (Å²) in [7, 11) is 1.75. The second kappa shape index (κ2) is 9.87. The highest BCUT2D eigenvalue weighted by Crippen LogP contribution is 2.27. The predicted molar refractivity (Wildman–Crippen MR) is 111 cm³/mol. The lowest BCUT2D eigenvalue weighted by Gasteiger charge is -2.32. The molecular formula is C20H32N6O3. The quantitative estimate of drug-likeness (QED) is 0.631. The first-order valence-electron chi connectivity index (χ1n) is 10.4. The molecule has 29 heavy (non-hydrogen) atoms. The standard InChI is InChI=1S/C20H32N6O3/c1-13(27)26-9-7-16(8-10-26)23-19-17(18(21)28)11-22-20(25-19)24-15-5-3-14(4-6-15)12-29-2/h11,14-16H,3-10,12H2,1-2H3,(H2,21,28)(H2,22,23,24,25)/t14-,15-. The SMILES string of the molecule is COC[C@H]1CC[C@H](Nc2ncc(C(N)=O)c(NC3CCN(C(C)=O)CC3)n2)CC1. The van der Waals surface area contributed by atoms with Gasteiger partial charge in [-0.25, -0.2) is 4.98 Å². The molecule has 1 saturated carbocycles. The van der Waals surface area contributed by atoms with Crippen molar-refractivity contribution in [2.45, 2.75) is 57.5 Å². The summed E-state index contributed by atoms with van der Waals surface area (Å²) in [5, 5.41) is 6.75. The molecule has 1 aromatic heterocycles. The van der Waals surface area contributed by atoms with E-state index in [9.17, 15) is 9.59 Å². The molecule has 1 aliphatic carbocycles. The Morgan fingerprint density at radius 3 is 2.38 bits per heavy atom. The summed E-state index contributed by atoms with van der Waals surface area (Å²) in [6.45, 7) is 3.79. The maximum atomic E-state index is 11.8. The van der Waals surface area contributed by atoms with Crippen LogP contribution in [0.15, 0.2) is 6.20 Å². The van der Waals surface area contributed by atoms with E-state index < -0.39 is 5.91 Å². The Labute approximate surface area is 171 Å². The lowest BCUT2D eigenvalue weighted by molar-refractivity contribution is -0.129. The molecule has 0 atom stereocenters. The van der Waals surface area contributed by atoms with E-state index in [1.165, 1.54) is 6.20 Å². The summed E-state index contributed by atoms with van der Waals surface area (Å²) in [4.78, 5) is 34.0. The third-order valence-electron chi connectivity index (χ3n) is 5.92. The molecule has 0 aromatic carbocycles. The van der Waals surface area contributed by atoms with E-state index in [0.29, 0.717) is 36.8 Å². The van der Waals surface area contributed by atoms with Crippen molar-refractivity contribution in [1.82, 2.24) is 14.9 Å². The number of aromatic nitrogens is 2. The van der Waals surface area contributed by atoms with E-state index in [-0.39, 0.29) is 17.5 Å². The van der Waals surface area contributed by atoms with Crippen molar-refractivity contribution in [2.75, 3.05) is 37.4 Å². The molecule has 160 valence electrons. The van der Waals surface area contributed by atoms with E-state index in [0.717, 1.165) is 45.1 Å². The zero-order valence-corrected chi connectivity index (χ0v) is 17.3. The van der Waals surface area contributed by atoms with Crippen LogP contribution < -0.4 is 16.4 Å². The van der Waals surface area contributed by atoms with Gasteiger partial charge < -0.3 is 26.0 Å². The third-order valence-corrected chi connectivity index (χ3v) is 5.92. The van der Waals surface area contributed by atoms with E-state index >= 15 is 0 Å². The number of nitrogens with zero attached hydrogens (tertiary/aromatic N) is 3. The Hall–Kier alpha value is -2.42. The molecule has 0 unspecified atom stereocenters. The number of nitrogens with two attached hydrogens (primary N) is 1. The average molecular weight is 405 g/mol. The van der Waals surface area contributed by atoms with Gasteiger partial charge in [0.25, 0.3) is 5.91 Å². The molecule has 2 heterocycles. The summed E-state index contributed by atoms with van der Waals surface area (Å²) in [5.41, 5.74) is 5.80. The number of amides is 2. The highest BCUT2D eigenvalue weighted by atomic mass is 16.5. The van der Waals surface area contributed by atoms with Crippen LogP contribution in [0, 0.1) is 5.92 Å². The molecule has 4 N–H and O–H groups in total. The molecule has 1 aliphatic heterocycles. The van der Waals surface area contributed by atoms with Crippen molar-refractivity contribution in [2.24, 2.45) is 11.7 Å². The van der Waals surface area contributed by atoms with Crippen molar-refractivity contribution in [3.8, 4) is 0 Å². The summed E-state index contributed by atoms with van der Waals surface area (Å²) < 4.78 is 5.26. The van der Waals surface area contributed by atoms with Crippen LogP contribution in [-0.2, 0) is 9.53 Å². The number of piperidine rings is 1. The lowest BCUT2D eigenvalue weighted by Crippen LogP contribution is -2.41. The Kier molecular flexibility index (Phi) is 7.24. The fourth-order valence-corrected chi connectivity index (χ4v) is 4.17. The number of rotatable bonds is 7. The normalized spacial score (nSPS) is 22.9. The van der Waals surface area contributed by atoms with Gasteiger partial charge in [0.15, 0.2) is 0 Å². The number of carbonyl (C=O) groups excluding carboxylic acids is 2. The molecule has 2 amide bonds. The van der Waals surface area contributed by atoms with Gasteiger partial charge in [-0.15, -0.1) is 0 Å². The van der Waals surface area contributed by atoms with Gasteiger partial charge in [-0.2, -0.15) is 4.98 Å². The predicted octanol–water partition coefficient (Wildman–Crippen LogP) is 1.62. The van der Waals surface area contributed by atoms with E-state index in [4.69, 9.17) is 10.5 Å². The highest BCUT2D eigenvalue weighted by molar-refractivity contribution is 5.97. The lowest BCUT2D eigenvalue weighted by atomic mass is 9.86. The number of likely N-dealkylation sites (tertiary alicyclic amines) is 1. The van der Waals surface area contributed by atoms with Gasteiger partial charge in [-0.1, -0.05) is 0 Å². The molecule has 1 aromatic rings. The number of primary amides is 1. The van der Waals surface area contributed by atoms with Gasteiger partial charge >= 0.3 is 0 Å². The van der Waals surface area contributed by atoms with Crippen LogP contribution in [-0.4, -0.2) is 65.6 Å². The minimum Gasteiger partial charge on any atom is -0.384 e. The van der Waals surface area contributed by atoms with Crippen LogP contribution in [0.5, 0.6) is 0 Å². The van der Waals surface area contributed by atoms with Gasteiger partial charge in [-0.05, 0) is 44.4 Å². The summed E-state index contributed by atoms with van der Waals surface area (Å²) in [5.74, 6) is 1.13. The van der Waals surface area contributed by atoms with Crippen LogP contribution in [0.4, 0.5) is 11.8 Å². The second-order valence-electron chi connectivity index (χ2n) is 8.06. The van der Waals surface area contributed by atoms with Crippen molar-refractivity contribution in [3.05, 3.63) is 11.8 Å². The average Bonchev–Trinajstić information content (AvgIpc) is 2.70. The van der Waals surface area contributed by atoms with Crippen molar-refractivity contribution in [1.29, 1.82) is 0 Å². The van der Waals surface area contributed by atoms with E-state index in [2.05, 4.69) is 20.6 Å². The molecule has 0 radical (unpaired) electrons. The first-order valence-corrected chi connectivity index (χ1v) is 10.4. The maximum absolute atomic E-state index is 11.8. The Morgan fingerprint density at radius 2 is 1.79 bits per heavy atom. The Bertz CT molecular complexity index is 712. The first-order chi connectivity index (χ1) is 14.0. The molecule has 2 fully saturated rings. The van der Waals surface area contributed by atoms with Crippen molar-refractivity contribution in [3.63, 3.8) is 0 Å². The van der Waals surface area contributed by atoms with Crippen LogP contribution in [0.2, 0.25) is 0 Å². The maximum Gasteiger partial charge on any atom is 0.254 e. The van der Waals surface area contributed by atoms with E-state index in [1.807, 2.05) is 4.90 Å². The Morgan fingerprint density at radius 1 is 1.14 bits per heavy atom. The number of nitrogens with one attached hydrogen (secondary N) is 2. The molecule has 0 bridgehead atoms. The highest BCUT2D eigenvalue weighted by Gasteiger charge is 2.24. The van der Waals surface area contributed by atoms with Gasteiger partial charge in [0.2, 0.25) is 11.9 Å². The molecule has 2 aliphatic rings. The molecule has 9 nitrogen and oxygen atoms in total. The minimum atomic E-state index is -0.555. The summed E-state index contributed by atoms with van der Waals surface area (Å²) in [6, 6.07) is 0.449. The first kappa shape index (κ1) is 21.3. The second-order valence-corrected chi connectivity index (χ2v) is 8.06. The molecule has 3 rings (SSSR count). The number of methoxy groups -OCH3 is 1. The van der Waals surface area contributed by atoms with Gasteiger partial charge in [0, 0.05) is 52.0 Å². The van der Waals surface area contributed by atoms with Crippen LogP contribution in [0.1, 0.15) is 55.8 Å². The zero-order chi connectivity index (χ0) is 20.8. The minimum absolute atomic E-state index is 0.0926. The fraction of sp³-hybridized carbons (Fsp3) is 0.700. The van der Waals surface area contributed by atoms with Gasteiger partial charge in [-0.3, -0.25) is 9.59 Å². The summed E-state index contributed by atoms with van der Waals surface area (Å²) in [6.07, 6.45) is 7.40. The topological polar surface area (TPSA) is 122 Å². The molecule has 0 spiro atoms.